The summed E-state index contributed by atoms with van der Waals surface area (Å²) < 4.78 is 5.51. The minimum absolute atomic E-state index is 0.0536. The van der Waals surface area contributed by atoms with Crippen LogP contribution in [0.3, 0.4) is 0 Å². The molecule has 1 saturated carbocycles. The van der Waals surface area contributed by atoms with E-state index in [1.54, 1.807) is 0 Å². The molecule has 0 bridgehead atoms. The van der Waals surface area contributed by atoms with Gasteiger partial charge in [0.1, 0.15) is 10.8 Å². The molecule has 2 aliphatic carbocycles. The van der Waals surface area contributed by atoms with Crippen molar-refractivity contribution in [3.63, 3.8) is 0 Å². The van der Waals surface area contributed by atoms with E-state index in [1.807, 2.05) is 6.92 Å². The zero-order valence-corrected chi connectivity index (χ0v) is 14.8. The van der Waals surface area contributed by atoms with E-state index in [4.69, 9.17) is 27.9 Å². The van der Waals surface area contributed by atoms with Crippen molar-refractivity contribution >= 4 is 35.0 Å². The lowest BCUT2D eigenvalue weighted by Gasteiger charge is -2.29. The van der Waals surface area contributed by atoms with Crippen LogP contribution in [0.4, 0.5) is 0 Å². The van der Waals surface area contributed by atoms with Gasteiger partial charge in [0.2, 0.25) is 0 Å². The molecule has 6 heteroatoms. The topological polar surface area (TPSA) is 63.6 Å². The van der Waals surface area contributed by atoms with Crippen molar-refractivity contribution in [3.8, 4) is 5.75 Å². The smallest absolute Gasteiger partial charge is 0.345 e. The molecule has 0 amide bonds. The summed E-state index contributed by atoms with van der Waals surface area (Å²) in [5, 5.41) is 9.63. The molecule has 0 aromatic heterocycles. The number of carboxylic acids is 1. The molecule has 2 atom stereocenters. The number of carbonyl (C=O) groups excluding carboxylic acids is 1. The van der Waals surface area contributed by atoms with Crippen LogP contribution in [-0.4, -0.2) is 23.0 Å². The van der Waals surface area contributed by atoms with Crippen LogP contribution < -0.4 is 4.74 Å². The van der Waals surface area contributed by atoms with E-state index < -0.39 is 17.5 Å². The van der Waals surface area contributed by atoms with Crippen molar-refractivity contribution < 1.29 is 19.4 Å². The number of carbonyl (C=O) groups is 2. The Morgan fingerprint density at radius 3 is 2.50 bits per heavy atom. The third-order valence-electron chi connectivity index (χ3n) is 6.02. The molecular weight excluding hydrogens is 351 g/mol. The van der Waals surface area contributed by atoms with Crippen molar-refractivity contribution in [1.29, 1.82) is 0 Å². The predicted molar refractivity (Wildman–Crippen MR) is 90.3 cm³/mol. The first-order valence-electron chi connectivity index (χ1n) is 8.31. The molecule has 1 heterocycles. The minimum atomic E-state index is -1.03. The van der Waals surface area contributed by atoms with Gasteiger partial charge in [-0.05, 0) is 30.7 Å². The number of carboxylic acid groups (broad SMARTS) is 1. The van der Waals surface area contributed by atoms with Gasteiger partial charge in [-0.3, -0.25) is 4.79 Å². The van der Waals surface area contributed by atoms with Crippen LogP contribution >= 0.6 is 23.2 Å². The second kappa shape index (κ2) is 5.37. The molecule has 4 nitrogen and oxygen atoms in total. The third-order valence-corrected chi connectivity index (χ3v) is 6.86. The van der Waals surface area contributed by atoms with Gasteiger partial charge >= 0.3 is 5.97 Å². The highest BCUT2D eigenvalue weighted by Crippen LogP contribution is 2.55. The normalized spacial score (nSPS) is 28.8. The standard InChI is InChI=1S/C18H18Cl2O4/c1-18(8-4-2-3-5-8)7-10-9-6-11(17(22)23)24-15(9)14(20)13(19)12(10)16(18)21/h8,11H,2-7H2,1H3,(H,22,23). The molecule has 2 unspecified atom stereocenters. The Hall–Kier alpha value is -1.26. The van der Waals surface area contributed by atoms with E-state index in [0.29, 0.717) is 23.7 Å². The minimum Gasteiger partial charge on any atom is -0.478 e. The van der Waals surface area contributed by atoms with E-state index in [9.17, 15) is 14.7 Å². The largest absolute Gasteiger partial charge is 0.478 e. The highest BCUT2D eigenvalue weighted by atomic mass is 35.5. The van der Waals surface area contributed by atoms with Crippen molar-refractivity contribution in [2.45, 2.75) is 51.6 Å². The Kier molecular flexibility index (Phi) is 3.63. The molecule has 1 fully saturated rings. The summed E-state index contributed by atoms with van der Waals surface area (Å²) in [6, 6.07) is 0. The molecule has 128 valence electrons. The molecule has 24 heavy (non-hydrogen) atoms. The molecule has 1 N–H and O–H groups in total. The van der Waals surface area contributed by atoms with E-state index in [2.05, 4.69) is 0 Å². The lowest BCUT2D eigenvalue weighted by atomic mass is 9.73. The number of ether oxygens (including phenoxy) is 1. The Morgan fingerprint density at radius 1 is 1.21 bits per heavy atom. The van der Waals surface area contributed by atoms with Gasteiger partial charge in [0, 0.05) is 23.0 Å². The van der Waals surface area contributed by atoms with Crippen molar-refractivity contribution in [2.24, 2.45) is 11.3 Å². The van der Waals surface area contributed by atoms with Crippen LogP contribution in [0.25, 0.3) is 0 Å². The zero-order valence-electron chi connectivity index (χ0n) is 13.3. The Balaban J connectivity index is 1.84. The summed E-state index contributed by atoms with van der Waals surface area (Å²) >= 11 is 12.7. The summed E-state index contributed by atoms with van der Waals surface area (Å²) in [4.78, 5) is 24.5. The first kappa shape index (κ1) is 16.2. The summed E-state index contributed by atoms with van der Waals surface area (Å²) in [5.74, 6) is -0.287. The number of hydrogen-bond donors (Lipinski definition) is 1. The van der Waals surface area contributed by atoms with Crippen LogP contribution in [0.2, 0.25) is 10.0 Å². The number of benzene rings is 1. The van der Waals surface area contributed by atoms with E-state index in [-0.39, 0.29) is 22.2 Å². The van der Waals surface area contributed by atoms with Crippen molar-refractivity contribution in [1.82, 2.24) is 0 Å². The fraction of sp³-hybridized carbons (Fsp3) is 0.556. The van der Waals surface area contributed by atoms with Gasteiger partial charge in [0.15, 0.2) is 11.9 Å². The maximum absolute atomic E-state index is 13.2. The molecular formula is C18H18Cl2O4. The fourth-order valence-corrected chi connectivity index (χ4v) is 5.20. The van der Waals surface area contributed by atoms with E-state index in [0.717, 1.165) is 36.8 Å². The molecule has 1 aromatic rings. The maximum Gasteiger partial charge on any atom is 0.345 e. The molecule has 3 aliphatic rings. The van der Waals surface area contributed by atoms with E-state index >= 15 is 0 Å². The number of aliphatic carboxylic acids is 1. The second-order valence-corrected chi connectivity index (χ2v) is 8.10. The first-order chi connectivity index (χ1) is 11.3. The fourth-order valence-electron chi connectivity index (χ4n) is 4.67. The highest BCUT2D eigenvalue weighted by Gasteiger charge is 2.51. The monoisotopic (exact) mass is 368 g/mol. The molecule has 0 radical (unpaired) electrons. The van der Waals surface area contributed by atoms with Crippen LogP contribution in [0, 0.1) is 11.3 Å². The highest BCUT2D eigenvalue weighted by molar-refractivity contribution is 6.45. The van der Waals surface area contributed by atoms with Gasteiger partial charge in [-0.1, -0.05) is 43.0 Å². The number of hydrogen-bond acceptors (Lipinski definition) is 3. The van der Waals surface area contributed by atoms with E-state index in [1.165, 1.54) is 0 Å². The maximum atomic E-state index is 13.2. The van der Waals surface area contributed by atoms with Crippen molar-refractivity contribution in [2.75, 3.05) is 0 Å². The Bertz CT molecular complexity index is 767. The molecule has 0 spiro atoms. The predicted octanol–water partition coefficient (Wildman–Crippen LogP) is 4.32. The summed E-state index contributed by atoms with van der Waals surface area (Å²) in [7, 11) is 0. The average Bonchev–Trinajstić information content (AvgIpc) is 3.24. The van der Waals surface area contributed by atoms with Gasteiger partial charge in [-0.25, -0.2) is 4.79 Å². The first-order valence-corrected chi connectivity index (χ1v) is 9.07. The van der Waals surface area contributed by atoms with Crippen LogP contribution in [0.15, 0.2) is 0 Å². The lowest BCUT2D eigenvalue weighted by molar-refractivity contribution is -0.144. The molecule has 1 aromatic carbocycles. The number of Topliss-reactive ketones (excluding diaryl/α,β-unsaturated/α-hetero) is 1. The Labute approximate surface area is 150 Å². The summed E-state index contributed by atoms with van der Waals surface area (Å²) in [6.45, 7) is 2.02. The number of rotatable bonds is 2. The summed E-state index contributed by atoms with van der Waals surface area (Å²) in [6.07, 6.45) is 4.28. The lowest BCUT2D eigenvalue weighted by Crippen LogP contribution is -2.32. The molecule has 4 rings (SSSR count). The average molecular weight is 369 g/mol. The van der Waals surface area contributed by atoms with Gasteiger partial charge in [-0.15, -0.1) is 0 Å². The number of fused-ring (bicyclic) bond motifs is 3. The van der Waals surface area contributed by atoms with Crippen LogP contribution in [0.1, 0.15) is 54.1 Å². The second-order valence-electron chi connectivity index (χ2n) is 7.34. The quantitative estimate of drug-likeness (QED) is 0.844. The number of ketones is 1. The van der Waals surface area contributed by atoms with Crippen LogP contribution in [0.5, 0.6) is 5.75 Å². The van der Waals surface area contributed by atoms with Crippen molar-refractivity contribution in [3.05, 3.63) is 26.7 Å². The number of halogens is 2. The molecule has 1 aliphatic heterocycles. The van der Waals surface area contributed by atoms with Gasteiger partial charge in [0.25, 0.3) is 0 Å². The zero-order chi connectivity index (χ0) is 17.2. The third kappa shape index (κ3) is 2.05. The van der Waals surface area contributed by atoms with Gasteiger partial charge in [-0.2, -0.15) is 0 Å². The SMILES string of the molecule is CC1(C2CCCC2)Cc2c3c(c(Cl)c(Cl)c2C1=O)OC(C(=O)O)C3. The Morgan fingerprint density at radius 2 is 1.88 bits per heavy atom. The van der Waals surface area contributed by atoms with Gasteiger partial charge < -0.3 is 9.84 Å². The summed E-state index contributed by atoms with van der Waals surface area (Å²) in [5.41, 5.74) is 1.62. The molecule has 0 saturated heterocycles. The van der Waals surface area contributed by atoms with Gasteiger partial charge in [0.05, 0.1) is 5.02 Å². The van der Waals surface area contributed by atoms with Crippen LogP contribution in [-0.2, 0) is 17.6 Å².